The zero-order chi connectivity index (χ0) is 10.5. The minimum atomic E-state index is -3.07. The molecule has 0 aliphatic heterocycles. The van der Waals surface area contributed by atoms with Crippen LogP contribution in [-0.4, -0.2) is 52.9 Å². The maximum atomic E-state index is 11.1. The minimum Gasteiger partial charge on any atom is -0.324 e. The van der Waals surface area contributed by atoms with Gasteiger partial charge in [0.15, 0.2) is 0 Å². The summed E-state index contributed by atoms with van der Waals surface area (Å²) in [5.41, 5.74) is 0. The van der Waals surface area contributed by atoms with Gasteiger partial charge in [-0.25, -0.2) is 13.1 Å². The average Bonchev–Trinajstić information content (AvgIpc) is 2.02. The van der Waals surface area contributed by atoms with E-state index in [2.05, 4.69) is 11.3 Å². The fourth-order valence-corrected chi connectivity index (χ4v) is 1.85. The third-order valence-electron chi connectivity index (χ3n) is 1.90. The van der Waals surface area contributed by atoms with Crippen molar-refractivity contribution in [1.82, 2.24) is 4.72 Å². The lowest BCUT2D eigenvalue weighted by Gasteiger charge is -2.27. The molecule has 1 N–H and O–H groups in total. The monoisotopic (exact) mass is 207 g/mol. The van der Waals surface area contributed by atoms with Crippen molar-refractivity contribution < 1.29 is 12.9 Å². The molecular formula is C8H19N2O2S+. The molecule has 0 fully saturated rings. The lowest BCUT2D eigenvalue weighted by atomic mass is 10.4. The number of hydrogen-bond acceptors (Lipinski definition) is 2. The molecule has 0 aromatic heterocycles. The Morgan fingerprint density at radius 1 is 1.46 bits per heavy atom. The molecule has 0 spiro atoms. The molecule has 0 aliphatic carbocycles. The largest absolute Gasteiger partial charge is 0.324 e. The molecule has 0 radical (unpaired) electrons. The molecule has 0 heterocycles. The predicted molar refractivity (Wildman–Crippen MR) is 54.9 cm³/mol. The summed E-state index contributed by atoms with van der Waals surface area (Å²) in [5, 5.41) is 0. The number of likely N-dealkylation sites (N-methyl/N-ethyl adjacent to an activating group) is 1. The molecule has 0 unspecified atom stereocenters. The normalized spacial score (nSPS) is 12.8. The highest BCUT2D eigenvalue weighted by atomic mass is 32.2. The van der Waals surface area contributed by atoms with Crippen molar-refractivity contribution in [3.8, 4) is 0 Å². The van der Waals surface area contributed by atoms with Gasteiger partial charge in [-0.3, -0.25) is 0 Å². The minimum absolute atomic E-state index is 0.157. The van der Waals surface area contributed by atoms with Crippen LogP contribution < -0.4 is 4.72 Å². The summed E-state index contributed by atoms with van der Waals surface area (Å²) in [4.78, 5) is 0. The van der Waals surface area contributed by atoms with Gasteiger partial charge in [0.1, 0.15) is 5.75 Å². The van der Waals surface area contributed by atoms with E-state index in [0.717, 1.165) is 6.54 Å². The fourth-order valence-electron chi connectivity index (χ4n) is 0.910. The lowest BCUT2D eigenvalue weighted by Crippen LogP contribution is -2.44. The SMILES string of the molecule is C=CC[N+](C)(C)CCS(=O)(=O)NC. The van der Waals surface area contributed by atoms with E-state index in [-0.39, 0.29) is 5.75 Å². The van der Waals surface area contributed by atoms with Gasteiger partial charge in [0.25, 0.3) is 0 Å². The third-order valence-corrected chi connectivity index (χ3v) is 3.24. The molecule has 0 saturated heterocycles. The average molecular weight is 207 g/mol. The molecule has 5 heteroatoms. The van der Waals surface area contributed by atoms with Gasteiger partial charge in [0.05, 0.1) is 27.2 Å². The first-order chi connectivity index (χ1) is 5.83. The van der Waals surface area contributed by atoms with E-state index < -0.39 is 10.0 Å². The highest BCUT2D eigenvalue weighted by molar-refractivity contribution is 7.89. The van der Waals surface area contributed by atoms with Gasteiger partial charge in [-0.05, 0) is 13.1 Å². The van der Waals surface area contributed by atoms with Gasteiger partial charge in [-0.2, -0.15) is 0 Å². The smallest absolute Gasteiger partial charge is 0.216 e. The van der Waals surface area contributed by atoms with Crippen LogP contribution in [0.4, 0.5) is 0 Å². The van der Waals surface area contributed by atoms with Crippen LogP contribution in [-0.2, 0) is 10.0 Å². The van der Waals surface area contributed by atoms with Gasteiger partial charge < -0.3 is 4.48 Å². The van der Waals surface area contributed by atoms with Crippen LogP contribution in [0.25, 0.3) is 0 Å². The maximum absolute atomic E-state index is 11.1. The number of nitrogens with zero attached hydrogens (tertiary/aromatic N) is 1. The molecule has 0 amide bonds. The molecule has 78 valence electrons. The molecule has 0 atom stereocenters. The van der Waals surface area contributed by atoms with Gasteiger partial charge in [0.2, 0.25) is 10.0 Å². The van der Waals surface area contributed by atoms with Crippen LogP contribution in [0.15, 0.2) is 12.7 Å². The first-order valence-electron chi connectivity index (χ1n) is 4.17. The molecule has 4 nitrogen and oxygen atoms in total. The molecule has 0 aromatic carbocycles. The van der Waals surface area contributed by atoms with Gasteiger partial charge >= 0.3 is 0 Å². The van der Waals surface area contributed by atoms with Crippen molar-refractivity contribution in [3.05, 3.63) is 12.7 Å². The Morgan fingerprint density at radius 3 is 2.38 bits per heavy atom. The summed E-state index contributed by atoms with van der Waals surface area (Å²) in [6.45, 7) is 5.00. The Hall–Kier alpha value is -0.390. The number of rotatable bonds is 6. The van der Waals surface area contributed by atoms with Crippen LogP contribution >= 0.6 is 0 Å². The molecule has 0 saturated carbocycles. The molecule has 0 aliphatic rings. The quantitative estimate of drug-likeness (QED) is 0.484. The Bertz CT molecular complexity index is 257. The second-order valence-electron chi connectivity index (χ2n) is 3.65. The number of hydrogen-bond donors (Lipinski definition) is 1. The van der Waals surface area contributed by atoms with Gasteiger partial charge in [-0.1, -0.05) is 6.58 Å². The van der Waals surface area contributed by atoms with Crippen molar-refractivity contribution in [1.29, 1.82) is 0 Å². The Morgan fingerprint density at radius 2 is 2.00 bits per heavy atom. The predicted octanol–water partition coefficient (Wildman–Crippen LogP) is -0.202. The number of quaternary nitrogens is 1. The summed E-state index contributed by atoms with van der Waals surface area (Å²) in [6.07, 6.45) is 1.80. The second-order valence-corrected chi connectivity index (χ2v) is 5.70. The van der Waals surface area contributed by atoms with Crippen molar-refractivity contribution in [2.24, 2.45) is 0 Å². The van der Waals surface area contributed by atoms with E-state index in [0.29, 0.717) is 11.0 Å². The highest BCUT2D eigenvalue weighted by Crippen LogP contribution is 1.97. The van der Waals surface area contributed by atoms with Gasteiger partial charge in [-0.15, -0.1) is 0 Å². The number of sulfonamides is 1. The lowest BCUT2D eigenvalue weighted by molar-refractivity contribution is -0.882. The van der Waals surface area contributed by atoms with Gasteiger partial charge in [0, 0.05) is 0 Å². The first kappa shape index (κ1) is 12.6. The third kappa shape index (κ3) is 5.79. The van der Waals surface area contributed by atoms with Crippen LogP contribution in [0.2, 0.25) is 0 Å². The molecule has 0 rings (SSSR count). The van der Waals surface area contributed by atoms with E-state index in [1.807, 2.05) is 14.1 Å². The Kier molecular flexibility index (Phi) is 4.60. The van der Waals surface area contributed by atoms with E-state index >= 15 is 0 Å². The topological polar surface area (TPSA) is 46.2 Å². The summed E-state index contributed by atoms with van der Waals surface area (Å²) >= 11 is 0. The summed E-state index contributed by atoms with van der Waals surface area (Å²) in [6, 6.07) is 0. The fraction of sp³-hybridized carbons (Fsp3) is 0.750. The number of nitrogens with one attached hydrogen (secondary N) is 1. The molecule has 0 aromatic rings. The first-order valence-corrected chi connectivity index (χ1v) is 5.82. The highest BCUT2D eigenvalue weighted by Gasteiger charge is 2.17. The van der Waals surface area contributed by atoms with E-state index in [4.69, 9.17) is 0 Å². The van der Waals surface area contributed by atoms with Crippen LogP contribution in [0.3, 0.4) is 0 Å². The summed E-state index contributed by atoms with van der Waals surface area (Å²) in [7, 11) is 2.32. The van der Waals surface area contributed by atoms with Crippen molar-refractivity contribution in [3.63, 3.8) is 0 Å². The van der Waals surface area contributed by atoms with Crippen molar-refractivity contribution in [2.45, 2.75) is 0 Å². The van der Waals surface area contributed by atoms with Crippen molar-refractivity contribution in [2.75, 3.05) is 40.0 Å². The summed E-state index contributed by atoms with van der Waals surface area (Å²) < 4.78 is 25.1. The van der Waals surface area contributed by atoms with E-state index in [1.165, 1.54) is 7.05 Å². The standard InChI is InChI=1S/C8H19N2O2S/c1-5-6-10(3,4)7-8-13(11,12)9-2/h5,9H,1,6-8H2,2-4H3/q+1. The molecule has 13 heavy (non-hydrogen) atoms. The second kappa shape index (κ2) is 4.74. The van der Waals surface area contributed by atoms with Crippen molar-refractivity contribution >= 4 is 10.0 Å². The zero-order valence-electron chi connectivity index (χ0n) is 8.58. The van der Waals surface area contributed by atoms with E-state index in [9.17, 15) is 8.42 Å². The van der Waals surface area contributed by atoms with E-state index in [1.54, 1.807) is 6.08 Å². The van der Waals surface area contributed by atoms with Crippen LogP contribution in [0.1, 0.15) is 0 Å². The van der Waals surface area contributed by atoms with Crippen LogP contribution in [0, 0.1) is 0 Å². The zero-order valence-corrected chi connectivity index (χ0v) is 9.39. The Labute approximate surface area is 80.9 Å². The Balaban J connectivity index is 4.09. The molecular weight excluding hydrogens is 188 g/mol. The van der Waals surface area contributed by atoms with Crippen LogP contribution in [0.5, 0.6) is 0 Å². The molecule has 0 bridgehead atoms. The summed E-state index contributed by atoms with van der Waals surface area (Å²) in [5.74, 6) is 0.157. The maximum Gasteiger partial charge on any atom is 0.216 e.